The molecule has 0 saturated heterocycles. The Morgan fingerprint density at radius 1 is 1.00 bits per heavy atom. The molecule has 0 spiro atoms. The molecule has 0 amide bonds. The molecule has 0 fully saturated rings. The molecule has 0 saturated carbocycles. The summed E-state index contributed by atoms with van der Waals surface area (Å²) in [5.74, 6) is 2.16. The van der Waals surface area contributed by atoms with E-state index in [0.717, 1.165) is 25.2 Å². The SMILES string of the molecule is CCCCCCCCn1c(CC)nc2nnnc-2c1N. The van der Waals surface area contributed by atoms with Crippen LogP contribution in [0.4, 0.5) is 5.82 Å². The van der Waals surface area contributed by atoms with Gasteiger partial charge in [0.25, 0.3) is 0 Å². The summed E-state index contributed by atoms with van der Waals surface area (Å²) in [6, 6.07) is 0. The Hall–Kier alpha value is -1.72. The molecule has 6 nitrogen and oxygen atoms in total. The van der Waals surface area contributed by atoms with Crippen LogP contribution in [0.2, 0.25) is 0 Å². The quantitative estimate of drug-likeness (QED) is 0.749. The minimum absolute atomic E-state index is 0.554. The van der Waals surface area contributed by atoms with Gasteiger partial charge in [-0.2, -0.15) is 0 Å². The first-order chi connectivity index (χ1) is 9.77. The Morgan fingerprint density at radius 2 is 1.75 bits per heavy atom. The van der Waals surface area contributed by atoms with Crippen molar-refractivity contribution in [1.29, 1.82) is 0 Å². The molecule has 0 aromatic carbocycles. The monoisotopic (exact) mass is 276 g/mol. The van der Waals surface area contributed by atoms with Gasteiger partial charge in [-0.3, -0.25) is 0 Å². The molecular weight excluding hydrogens is 252 g/mol. The molecule has 2 heterocycles. The van der Waals surface area contributed by atoms with Gasteiger partial charge in [-0.05, 0) is 11.6 Å². The number of fused-ring (bicyclic) bond motifs is 1. The van der Waals surface area contributed by atoms with Crippen molar-refractivity contribution in [1.82, 2.24) is 25.0 Å². The lowest BCUT2D eigenvalue weighted by molar-refractivity contribution is 0.543. The number of aryl methyl sites for hydroxylation is 1. The third-order valence-electron chi connectivity index (χ3n) is 3.63. The number of unbranched alkanes of at least 4 members (excludes halogenated alkanes) is 5. The Kier molecular flexibility index (Phi) is 5.26. The molecule has 2 aliphatic rings. The van der Waals surface area contributed by atoms with Crippen LogP contribution in [0.15, 0.2) is 0 Å². The third kappa shape index (κ3) is 3.23. The second kappa shape index (κ2) is 7.17. The summed E-state index contributed by atoms with van der Waals surface area (Å²) in [4.78, 5) is 4.49. The zero-order chi connectivity index (χ0) is 14.4. The van der Waals surface area contributed by atoms with Crippen LogP contribution in [0.5, 0.6) is 0 Å². The average molecular weight is 276 g/mol. The summed E-state index contributed by atoms with van der Waals surface area (Å²) in [5.41, 5.74) is 6.80. The van der Waals surface area contributed by atoms with E-state index in [1.807, 2.05) is 0 Å². The smallest absolute Gasteiger partial charge is 0.209 e. The lowest BCUT2D eigenvalue weighted by Gasteiger charge is -2.16. The Balaban J connectivity index is 2.01. The molecule has 20 heavy (non-hydrogen) atoms. The van der Waals surface area contributed by atoms with Crippen molar-refractivity contribution in [2.24, 2.45) is 0 Å². The minimum atomic E-state index is 0.554. The van der Waals surface area contributed by atoms with Crippen LogP contribution < -0.4 is 5.73 Å². The summed E-state index contributed by atoms with van der Waals surface area (Å²) in [6.45, 7) is 5.21. The molecule has 0 radical (unpaired) electrons. The van der Waals surface area contributed by atoms with Gasteiger partial charge in [-0.25, -0.2) is 4.98 Å². The molecule has 0 aromatic heterocycles. The zero-order valence-electron chi connectivity index (χ0n) is 12.5. The molecular formula is C14H24N6. The third-order valence-corrected chi connectivity index (χ3v) is 3.63. The van der Waals surface area contributed by atoms with Crippen molar-refractivity contribution >= 4 is 5.82 Å². The fraction of sp³-hybridized carbons (Fsp3) is 0.714. The van der Waals surface area contributed by atoms with Crippen LogP contribution in [0, 0.1) is 0 Å². The predicted molar refractivity (Wildman–Crippen MR) is 79.4 cm³/mol. The highest BCUT2D eigenvalue weighted by atomic mass is 15.4. The topological polar surface area (TPSA) is 82.5 Å². The largest absolute Gasteiger partial charge is 0.383 e. The Labute approximate surface area is 120 Å². The van der Waals surface area contributed by atoms with Gasteiger partial charge in [0.1, 0.15) is 11.6 Å². The van der Waals surface area contributed by atoms with E-state index in [9.17, 15) is 0 Å². The minimum Gasteiger partial charge on any atom is -0.383 e. The van der Waals surface area contributed by atoms with E-state index in [0.29, 0.717) is 17.3 Å². The first-order valence-electron chi connectivity index (χ1n) is 7.61. The van der Waals surface area contributed by atoms with Crippen molar-refractivity contribution in [2.75, 3.05) is 5.73 Å². The molecule has 0 aromatic rings. The molecule has 0 unspecified atom stereocenters. The van der Waals surface area contributed by atoms with Crippen LogP contribution in [-0.2, 0) is 13.0 Å². The highest BCUT2D eigenvalue weighted by Gasteiger charge is 2.18. The zero-order valence-corrected chi connectivity index (χ0v) is 12.5. The van der Waals surface area contributed by atoms with E-state index >= 15 is 0 Å². The first kappa shape index (κ1) is 14.7. The van der Waals surface area contributed by atoms with E-state index < -0.39 is 0 Å². The van der Waals surface area contributed by atoms with Gasteiger partial charge in [0.2, 0.25) is 5.82 Å². The van der Waals surface area contributed by atoms with Crippen molar-refractivity contribution in [3.05, 3.63) is 5.82 Å². The maximum atomic E-state index is 6.18. The summed E-state index contributed by atoms with van der Waals surface area (Å²) in [6.07, 6.45) is 8.43. The van der Waals surface area contributed by atoms with E-state index in [1.165, 1.54) is 32.1 Å². The van der Waals surface area contributed by atoms with Crippen LogP contribution in [0.1, 0.15) is 58.2 Å². The lowest BCUT2D eigenvalue weighted by atomic mass is 10.1. The van der Waals surface area contributed by atoms with Gasteiger partial charge >= 0.3 is 0 Å². The van der Waals surface area contributed by atoms with E-state index in [1.54, 1.807) is 0 Å². The van der Waals surface area contributed by atoms with Gasteiger partial charge in [-0.1, -0.05) is 46.0 Å². The standard InChI is InChI=1S/C14H24N6/c1-3-5-6-7-8-9-10-20-11(4-2)16-14-12(13(20)15)17-19-18-14/h3-10,15H2,1-2H3. The molecule has 2 rings (SSSR count). The number of nitrogen functional groups attached to an aromatic ring is 1. The number of nitrogens with zero attached hydrogens (tertiary/aromatic N) is 5. The number of anilines is 1. The fourth-order valence-corrected chi connectivity index (χ4v) is 2.46. The average Bonchev–Trinajstić information content (AvgIpc) is 2.93. The maximum Gasteiger partial charge on any atom is 0.209 e. The number of nitrogens with two attached hydrogens (primary N) is 1. The van der Waals surface area contributed by atoms with Gasteiger partial charge in [0.05, 0.1) is 0 Å². The Bertz CT molecular complexity index is 507. The van der Waals surface area contributed by atoms with E-state index in [-0.39, 0.29) is 0 Å². The van der Waals surface area contributed by atoms with Crippen molar-refractivity contribution in [3.8, 4) is 11.5 Å². The van der Waals surface area contributed by atoms with E-state index in [4.69, 9.17) is 5.73 Å². The van der Waals surface area contributed by atoms with Crippen molar-refractivity contribution in [3.63, 3.8) is 0 Å². The number of hydrogen-bond donors (Lipinski definition) is 1. The number of rotatable bonds is 8. The van der Waals surface area contributed by atoms with Gasteiger partial charge in [0.15, 0.2) is 5.69 Å². The molecule has 6 heteroatoms. The summed E-state index contributed by atoms with van der Waals surface area (Å²) in [5, 5.41) is 11.5. The summed E-state index contributed by atoms with van der Waals surface area (Å²) in [7, 11) is 0. The molecule has 110 valence electrons. The second-order valence-electron chi connectivity index (χ2n) is 5.15. The number of aromatic nitrogens is 5. The highest BCUT2D eigenvalue weighted by Crippen LogP contribution is 2.23. The highest BCUT2D eigenvalue weighted by molar-refractivity contribution is 5.64. The normalized spacial score (nSPS) is 11.3. The first-order valence-corrected chi connectivity index (χ1v) is 7.61. The van der Waals surface area contributed by atoms with Crippen molar-refractivity contribution < 1.29 is 0 Å². The Morgan fingerprint density at radius 3 is 2.50 bits per heavy atom. The molecule has 0 aliphatic carbocycles. The number of hydrogen-bond acceptors (Lipinski definition) is 5. The van der Waals surface area contributed by atoms with Crippen molar-refractivity contribution in [2.45, 2.75) is 65.3 Å². The van der Waals surface area contributed by atoms with Crippen LogP contribution in [-0.4, -0.2) is 25.0 Å². The maximum absolute atomic E-state index is 6.18. The van der Waals surface area contributed by atoms with Crippen LogP contribution in [0.3, 0.4) is 0 Å². The lowest BCUT2D eigenvalue weighted by Crippen LogP contribution is -2.16. The van der Waals surface area contributed by atoms with Gasteiger partial charge in [0, 0.05) is 13.0 Å². The molecule has 0 bridgehead atoms. The van der Waals surface area contributed by atoms with E-state index in [2.05, 4.69) is 38.8 Å². The van der Waals surface area contributed by atoms with Gasteiger partial charge < -0.3 is 10.3 Å². The molecule has 2 aliphatic heterocycles. The van der Waals surface area contributed by atoms with Crippen LogP contribution in [0.25, 0.3) is 11.5 Å². The predicted octanol–water partition coefficient (Wildman–Crippen LogP) is 2.68. The van der Waals surface area contributed by atoms with Crippen LogP contribution >= 0.6 is 0 Å². The van der Waals surface area contributed by atoms with Gasteiger partial charge in [-0.15, -0.1) is 10.2 Å². The molecule has 0 atom stereocenters. The fourth-order valence-electron chi connectivity index (χ4n) is 2.46. The second-order valence-corrected chi connectivity index (χ2v) is 5.15. The summed E-state index contributed by atoms with van der Waals surface area (Å²) < 4.78 is 2.07. The molecule has 2 N–H and O–H groups in total. The summed E-state index contributed by atoms with van der Waals surface area (Å²) >= 11 is 0.